The van der Waals surface area contributed by atoms with E-state index in [0.29, 0.717) is 11.3 Å². The van der Waals surface area contributed by atoms with Gasteiger partial charge in [0.25, 0.3) is 0 Å². The maximum Gasteiger partial charge on any atom is -0.00487 e. The Bertz CT molecular complexity index is 140. The number of rotatable bonds is 2. The van der Waals surface area contributed by atoms with E-state index in [1.807, 2.05) is 0 Å². The SMILES string of the molecule is CC(CN)C1CCCCC1(C)C. The standard InChI is InChI=1S/C11H23N/c1-9(8-12)10-6-4-5-7-11(10,2)3/h9-10H,4-8,12H2,1-3H3. The van der Waals surface area contributed by atoms with Gasteiger partial charge in [-0.15, -0.1) is 0 Å². The molecule has 0 bridgehead atoms. The van der Waals surface area contributed by atoms with Crippen molar-refractivity contribution in [3.05, 3.63) is 0 Å². The van der Waals surface area contributed by atoms with Gasteiger partial charge >= 0.3 is 0 Å². The molecule has 0 heterocycles. The molecule has 2 unspecified atom stereocenters. The largest absolute Gasteiger partial charge is 0.330 e. The molecule has 0 aromatic rings. The van der Waals surface area contributed by atoms with Crippen LogP contribution in [0.4, 0.5) is 0 Å². The molecule has 1 aliphatic rings. The Morgan fingerprint density at radius 1 is 1.42 bits per heavy atom. The Morgan fingerprint density at radius 3 is 2.58 bits per heavy atom. The van der Waals surface area contributed by atoms with Gasteiger partial charge in [0.05, 0.1) is 0 Å². The Balaban J connectivity index is 2.59. The third-order valence-electron chi connectivity index (χ3n) is 3.65. The Kier molecular flexibility index (Phi) is 3.16. The predicted molar refractivity (Wildman–Crippen MR) is 54.0 cm³/mol. The van der Waals surface area contributed by atoms with Crippen molar-refractivity contribution in [1.82, 2.24) is 0 Å². The van der Waals surface area contributed by atoms with Crippen LogP contribution in [0, 0.1) is 17.3 Å². The highest BCUT2D eigenvalue weighted by Gasteiger charge is 2.34. The third kappa shape index (κ3) is 2.01. The fraction of sp³-hybridized carbons (Fsp3) is 1.00. The first kappa shape index (κ1) is 10.0. The summed E-state index contributed by atoms with van der Waals surface area (Å²) in [6.07, 6.45) is 5.62. The topological polar surface area (TPSA) is 26.0 Å². The van der Waals surface area contributed by atoms with Crippen LogP contribution in [0.5, 0.6) is 0 Å². The second kappa shape index (κ2) is 3.78. The smallest absolute Gasteiger partial charge is 0.00487 e. The van der Waals surface area contributed by atoms with Crippen molar-refractivity contribution in [3.8, 4) is 0 Å². The summed E-state index contributed by atoms with van der Waals surface area (Å²) in [6, 6.07) is 0. The van der Waals surface area contributed by atoms with Gasteiger partial charge in [0, 0.05) is 0 Å². The average molecular weight is 169 g/mol. The summed E-state index contributed by atoms with van der Waals surface area (Å²) in [5.41, 5.74) is 6.26. The van der Waals surface area contributed by atoms with Crippen LogP contribution in [0.3, 0.4) is 0 Å². The van der Waals surface area contributed by atoms with E-state index < -0.39 is 0 Å². The van der Waals surface area contributed by atoms with E-state index in [-0.39, 0.29) is 0 Å². The maximum absolute atomic E-state index is 5.72. The van der Waals surface area contributed by atoms with Crippen molar-refractivity contribution in [2.24, 2.45) is 23.0 Å². The van der Waals surface area contributed by atoms with E-state index in [9.17, 15) is 0 Å². The number of hydrogen-bond donors (Lipinski definition) is 1. The van der Waals surface area contributed by atoms with Crippen molar-refractivity contribution in [3.63, 3.8) is 0 Å². The first-order valence-electron chi connectivity index (χ1n) is 5.28. The monoisotopic (exact) mass is 169 g/mol. The van der Waals surface area contributed by atoms with E-state index in [2.05, 4.69) is 20.8 Å². The summed E-state index contributed by atoms with van der Waals surface area (Å²) >= 11 is 0. The zero-order chi connectivity index (χ0) is 9.19. The zero-order valence-electron chi connectivity index (χ0n) is 8.77. The van der Waals surface area contributed by atoms with Gasteiger partial charge in [-0.05, 0) is 36.6 Å². The van der Waals surface area contributed by atoms with E-state index in [1.54, 1.807) is 0 Å². The van der Waals surface area contributed by atoms with Crippen molar-refractivity contribution in [1.29, 1.82) is 0 Å². The molecule has 1 fully saturated rings. The van der Waals surface area contributed by atoms with E-state index in [0.717, 1.165) is 12.5 Å². The lowest BCUT2D eigenvalue weighted by atomic mass is 9.64. The van der Waals surface area contributed by atoms with Crippen LogP contribution in [0.25, 0.3) is 0 Å². The lowest BCUT2D eigenvalue weighted by Gasteiger charge is -2.42. The molecule has 1 aliphatic carbocycles. The highest BCUT2D eigenvalue weighted by atomic mass is 14.6. The van der Waals surface area contributed by atoms with Crippen LogP contribution < -0.4 is 5.73 Å². The highest BCUT2D eigenvalue weighted by Crippen LogP contribution is 2.43. The molecule has 12 heavy (non-hydrogen) atoms. The molecule has 0 spiro atoms. The summed E-state index contributed by atoms with van der Waals surface area (Å²) in [4.78, 5) is 0. The molecule has 72 valence electrons. The van der Waals surface area contributed by atoms with E-state index in [1.165, 1.54) is 25.7 Å². The number of nitrogens with two attached hydrogens (primary N) is 1. The lowest BCUT2D eigenvalue weighted by Crippen LogP contribution is -2.35. The first-order chi connectivity index (χ1) is 5.58. The molecule has 0 radical (unpaired) electrons. The lowest BCUT2D eigenvalue weighted by molar-refractivity contribution is 0.0917. The van der Waals surface area contributed by atoms with Gasteiger partial charge in [0.15, 0.2) is 0 Å². The summed E-state index contributed by atoms with van der Waals surface area (Å²) in [7, 11) is 0. The van der Waals surface area contributed by atoms with Gasteiger partial charge < -0.3 is 5.73 Å². The van der Waals surface area contributed by atoms with Crippen molar-refractivity contribution < 1.29 is 0 Å². The van der Waals surface area contributed by atoms with Gasteiger partial charge in [-0.1, -0.05) is 33.6 Å². The summed E-state index contributed by atoms with van der Waals surface area (Å²) in [5, 5.41) is 0. The third-order valence-corrected chi connectivity index (χ3v) is 3.65. The average Bonchev–Trinajstić information content (AvgIpc) is 2.02. The summed E-state index contributed by atoms with van der Waals surface area (Å²) < 4.78 is 0. The molecule has 1 heteroatoms. The molecule has 0 amide bonds. The minimum Gasteiger partial charge on any atom is -0.330 e. The molecule has 1 rings (SSSR count). The van der Waals surface area contributed by atoms with Crippen LogP contribution in [0.15, 0.2) is 0 Å². The maximum atomic E-state index is 5.72. The summed E-state index contributed by atoms with van der Waals surface area (Å²) in [5.74, 6) is 1.57. The second-order valence-corrected chi connectivity index (χ2v) is 5.05. The molecule has 0 aromatic heterocycles. The number of hydrogen-bond acceptors (Lipinski definition) is 1. The van der Waals surface area contributed by atoms with Gasteiger partial charge in [-0.2, -0.15) is 0 Å². The molecule has 0 aromatic carbocycles. The van der Waals surface area contributed by atoms with Gasteiger partial charge in [0.2, 0.25) is 0 Å². The molecular formula is C11H23N. The van der Waals surface area contributed by atoms with Gasteiger partial charge in [-0.25, -0.2) is 0 Å². The van der Waals surface area contributed by atoms with E-state index in [4.69, 9.17) is 5.73 Å². The first-order valence-corrected chi connectivity index (χ1v) is 5.28. The fourth-order valence-corrected chi connectivity index (χ4v) is 2.74. The molecule has 0 saturated heterocycles. The van der Waals surface area contributed by atoms with Crippen LogP contribution in [0.2, 0.25) is 0 Å². The second-order valence-electron chi connectivity index (χ2n) is 5.05. The van der Waals surface area contributed by atoms with Crippen LogP contribution in [-0.4, -0.2) is 6.54 Å². The molecular weight excluding hydrogens is 146 g/mol. The van der Waals surface area contributed by atoms with Crippen molar-refractivity contribution in [2.45, 2.75) is 46.5 Å². The Labute approximate surface area is 76.7 Å². The van der Waals surface area contributed by atoms with Crippen LogP contribution >= 0.6 is 0 Å². The zero-order valence-corrected chi connectivity index (χ0v) is 8.77. The summed E-state index contributed by atoms with van der Waals surface area (Å²) in [6.45, 7) is 7.97. The van der Waals surface area contributed by atoms with Crippen LogP contribution in [0.1, 0.15) is 46.5 Å². The molecule has 1 nitrogen and oxygen atoms in total. The molecule has 1 saturated carbocycles. The molecule has 0 aliphatic heterocycles. The quantitative estimate of drug-likeness (QED) is 0.676. The van der Waals surface area contributed by atoms with Gasteiger partial charge in [0.1, 0.15) is 0 Å². The minimum atomic E-state index is 0.539. The Morgan fingerprint density at radius 2 is 2.08 bits per heavy atom. The normalized spacial score (nSPS) is 31.5. The predicted octanol–water partition coefficient (Wildman–Crippen LogP) is 2.80. The van der Waals surface area contributed by atoms with Crippen LogP contribution in [-0.2, 0) is 0 Å². The fourth-order valence-electron chi connectivity index (χ4n) is 2.74. The van der Waals surface area contributed by atoms with Crippen molar-refractivity contribution in [2.75, 3.05) is 6.54 Å². The van der Waals surface area contributed by atoms with Crippen molar-refractivity contribution >= 4 is 0 Å². The molecule has 2 atom stereocenters. The minimum absolute atomic E-state index is 0.539. The Hall–Kier alpha value is -0.0400. The molecule has 2 N–H and O–H groups in total. The van der Waals surface area contributed by atoms with E-state index >= 15 is 0 Å². The highest BCUT2D eigenvalue weighted by molar-refractivity contribution is 4.85. The van der Waals surface area contributed by atoms with Gasteiger partial charge in [-0.3, -0.25) is 0 Å².